The van der Waals surface area contributed by atoms with E-state index in [0.717, 1.165) is 6.07 Å². The summed E-state index contributed by atoms with van der Waals surface area (Å²) >= 11 is 0. The highest BCUT2D eigenvalue weighted by Crippen LogP contribution is 2.26. The zero-order valence-corrected chi connectivity index (χ0v) is 19.3. The van der Waals surface area contributed by atoms with Crippen molar-refractivity contribution in [3.8, 4) is 0 Å². The van der Waals surface area contributed by atoms with Gasteiger partial charge in [0.25, 0.3) is 5.69 Å². The number of esters is 1. The quantitative estimate of drug-likeness (QED) is 0.163. The number of benzene rings is 1. The summed E-state index contributed by atoms with van der Waals surface area (Å²) in [5, 5.41) is 19.0. The van der Waals surface area contributed by atoms with Gasteiger partial charge >= 0.3 is 5.97 Å². The van der Waals surface area contributed by atoms with E-state index in [1.54, 1.807) is 20.8 Å². The van der Waals surface area contributed by atoms with Crippen LogP contribution in [0.5, 0.6) is 0 Å². The molecule has 182 valence electrons. The summed E-state index contributed by atoms with van der Waals surface area (Å²) in [6.07, 6.45) is 0.177. The maximum atomic E-state index is 11.5. The maximum Gasteiger partial charge on any atom is 0.308 e. The number of nitrogens with one attached hydrogen (secondary N) is 1. The van der Waals surface area contributed by atoms with Crippen molar-refractivity contribution >= 4 is 27.4 Å². The van der Waals surface area contributed by atoms with Crippen molar-refractivity contribution in [3.63, 3.8) is 0 Å². The van der Waals surface area contributed by atoms with Gasteiger partial charge in [0.15, 0.2) is 0 Å². The van der Waals surface area contributed by atoms with Crippen LogP contribution in [-0.2, 0) is 33.8 Å². The molecule has 0 fully saturated rings. The monoisotopic (exact) mass is 477 g/mol. The zero-order chi connectivity index (χ0) is 24.2. The zero-order valence-electron chi connectivity index (χ0n) is 18.5. The number of nitrogens with zero attached hydrogens (tertiary/aromatic N) is 1. The molecule has 0 bridgehead atoms. The molecule has 0 unspecified atom stereocenters. The number of nitro benzene ring substituents is 1. The number of ether oxygens (including phenoxy) is 4. The Balaban J connectivity index is 2.12. The number of carbonyl (C=O) groups is 1. The van der Waals surface area contributed by atoms with Gasteiger partial charge in [-0.2, -0.15) is 0 Å². The molecule has 12 nitrogen and oxygen atoms in total. The summed E-state index contributed by atoms with van der Waals surface area (Å²) in [7, 11) is -4.03. The van der Waals surface area contributed by atoms with E-state index in [1.165, 1.54) is 12.1 Å². The number of carbonyl (C=O) groups excluding carboxylic acids is 1. The lowest BCUT2D eigenvalue weighted by Gasteiger charge is -2.19. The van der Waals surface area contributed by atoms with Crippen LogP contribution in [0.4, 0.5) is 11.4 Å². The molecule has 0 heterocycles. The second-order valence-corrected chi connectivity index (χ2v) is 9.14. The molecule has 0 aromatic heterocycles. The Morgan fingerprint density at radius 2 is 1.62 bits per heavy atom. The fourth-order valence-corrected chi connectivity index (χ4v) is 2.87. The van der Waals surface area contributed by atoms with Crippen LogP contribution in [-0.4, -0.2) is 71.1 Å². The predicted octanol–water partition coefficient (Wildman–Crippen LogP) is 1.44. The van der Waals surface area contributed by atoms with Gasteiger partial charge in [0.05, 0.1) is 55.9 Å². The van der Waals surface area contributed by atoms with Crippen LogP contribution in [0.2, 0.25) is 0 Å². The summed E-state index contributed by atoms with van der Waals surface area (Å²) in [6, 6.07) is 3.38. The van der Waals surface area contributed by atoms with Gasteiger partial charge < -0.3 is 24.3 Å². The van der Waals surface area contributed by atoms with Crippen molar-refractivity contribution < 1.29 is 37.1 Å². The molecule has 32 heavy (non-hydrogen) atoms. The summed E-state index contributed by atoms with van der Waals surface area (Å²) in [5.74, 6) is -0.314. The van der Waals surface area contributed by atoms with Crippen LogP contribution in [0, 0.1) is 10.1 Å². The molecule has 0 saturated carbocycles. The van der Waals surface area contributed by atoms with Crippen LogP contribution in [0.1, 0.15) is 27.2 Å². The standard InChI is InChI=1S/C19H31N3O9S/c1-19(2,3)31-18(23)6-8-28-10-12-30-13-11-29-9-7-21-16-5-4-15(32(20,26)27)14-17(16)22(24)25/h4-5,14,21H,6-13H2,1-3H3,(H2,20,26,27). The molecule has 0 radical (unpaired) electrons. The molecule has 0 amide bonds. The number of hydrogen-bond acceptors (Lipinski definition) is 10. The molecular weight excluding hydrogens is 446 g/mol. The summed E-state index contributed by atoms with van der Waals surface area (Å²) in [4.78, 5) is 21.6. The Morgan fingerprint density at radius 1 is 1.06 bits per heavy atom. The Bertz CT molecular complexity index is 854. The van der Waals surface area contributed by atoms with E-state index in [0.29, 0.717) is 26.4 Å². The van der Waals surface area contributed by atoms with Gasteiger partial charge in [-0.05, 0) is 32.9 Å². The molecule has 0 atom stereocenters. The number of sulfonamides is 1. The minimum Gasteiger partial charge on any atom is -0.460 e. The number of primary sulfonamides is 1. The number of anilines is 1. The third-order valence-corrected chi connectivity index (χ3v) is 4.58. The van der Waals surface area contributed by atoms with E-state index in [-0.39, 0.29) is 42.7 Å². The SMILES string of the molecule is CC(C)(C)OC(=O)CCOCCOCCOCCNc1ccc(S(N)(=O)=O)cc1[N+](=O)[O-]. The van der Waals surface area contributed by atoms with Crippen LogP contribution in [0.15, 0.2) is 23.1 Å². The molecule has 1 rings (SSSR count). The average Bonchev–Trinajstić information content (AvgIpc) is 2.66. The minimum atomic E-state index is -4.03. The first kappa shape index (κ1) is 27.7. The molecule has 0 aliphatic heterocycles. The predicted molar refractivity (Wildman–Crippen MR) is 116 cm³/mol. The molecule has 3 N–H and O–H groups in total. The number of nitrogens with two attached hydrogens (primary N) is 1. The molecule has 0 saturated heterocycles. The smallest absolute Gasteiger partial charge is 0.308 e. The van der Waals surface area contributed by atoms with Crippen molar-refractivity contribution in [2.24, 2.45) is 5.14 Å². The first-order chi connectivity index (χ1) is 14.9. The van der Waals surface area contributed by atoms with E-state index in [1.807, 2.05) is 0 Å². The van der Waals surface area contributed by atoms with Crippen molar-refractivity contribution in [3.05, 3.63) is 28.3 Å². The normalized spacial score (nSPS) is 11.9. The second-order valence-electron chi connectivity index (χ2n) is 7.58. The number of hydrogen-bond donors (Lipinski definition) is 2. The van der Waals surface area contributed by atoms with Gasteiger partial charge in [0.2, 0.25) is 10.0 Å². The Hall–Kier alpha value is -2.32. The third-order valence-electron chi connectivity index (χ3n) is 3.67. The summed E-state index contributed by atoms with van der Waals surface area (Å²) in [5.41, 5.74) is -0.750. The average molecular weight is 478 g/mol. The Kier molecular flexibility index (Phi) is 11.5. The number of nitro groups is 1. The van der Waals surface area contributed by atoms with Gasteiger partial charge in [-0.1, -0.05) is 0 Å². The molecule has 0 aliphatic rings. The van der Waals surface area contributed by atoms with E-state index >= 15 is 0 Å². The van der Waals surface area contributed by atoms with Gasteiger partial charge in [-0.25, -0.2) is 13.6 Å². The van der Waals surface area contributed by atoms with Gasteiger partial charge in [0.1, 0.15) is 11.3 Å². The van der Waals surface area contributed by atoms with Crippen molar-refractivity contribution in [2.75, 3.05) is 51.5 Å². The number of rotatable bonds is 15. The van der Waals surface area contributed by atoms with Crippen LogP contribution in [0.3, 0.4) is 0 Å². The largest absolute Gasteiger partial charge is 0.460 e. The van der Waals surface area contributed by atoms with Crippen molar-refractivity contribution in [1.29, 1.82) is 0 Å². The van der Waals surface area contributed by atoms with Crippen LogP contribution >= 0.6 is 0 Å². The molecule has 13 heteroatoms. The lowest BCUT2D eigenvalue weighted by molar-refractivity contribution is -0.384. The highest BCUT2D eigenvalue weighted by Gasteiger charge is 2.19. The van der Waals surface area contributed by atoms with E-state index in [9.17, 15) is 23.3 Å². The highest BCUT2D eigenvalue weighted by atomic mass is 32.2. The lowest BCUT2D eigenvalue weighted by Crippen LogP contribution is -2.24. The van der Waals surface area contributed by atoms with Gasteiger partial charge in [0, 0.05) is 12.6 Å². The van der Waals surface area contributed by atoms with Crippen molar-refractivity contribution in [2.45, 2.75) is 37.7 Å². The maximum absolute atomic E-state index is 11.5. The molecular formula is C19H31N3O9S. The lowest BCUT2D eigenvalue weighted by atomic mass is 10.2. The van der Waals surface area contributed by atoms with E-state index in [4.69, 9.17) is 24.1 Å². The first-order valence-corrected chi connectivity index (χ1v) is 11.4. The highest BCUT2D eigenvalue weighted by molar-refractivity contribution is 7.89. The second kappa shape index (κ2) is 13.3. The molecule has 0 aliphatic carbocycles. The Labute approximate surface area is 187 Å². The Morgan fingerprint density at radius 3 is 2.16 bits per heavy atom. The van der Waals surface area contributed by atoms with Gasteiger partial charge in [-0.15, -0.1) is 0 Å². The van der Waals surface area contributed by atoms with Gasteiger partial charge in [-0.3, -0.25) is 14.9 Å². The van der Waals surface area contributed by atoms with Crippen LogP contribution in [0.25, 0.3) is 0 Å². The minimum absolute atomic E-state index is 0.158. The topological polar surface area (TPSA) is 169 Å². The molecule has 1 aromatic carbocycles. The van der Waals surface area contributed by atoms with E-state index in [2.05, 4.69) is 5.32 Å². The first-order valence-electron chi connectivity index (χ1n) is 9.90. The molecule has 0 spiro atoms. The summed E-state index contributed by atoms with van der Waals surface area (Å²) in [6.45, 7) is 7.50. The van der Waals surface area contributed by atoms with Crippen molar-refractivity contribution in [1.82, 2.24) is 0 Å². The van der Waals surface area contributed by atoms with E-state index < -0.39 is 26.2 Å². The fourth-order valence-electron chi connectivity index (χ4n) is 2.34. The molecule has 1 aromatic rings. The fraction of sp³-hybridized carbons (Fsp3) is 0.632. The third kappa shape index (κ3) is 11.9. The van der Waals surface area contributed by atoms with Crippen LogP contribution < -0.4 is 10.5 Å². The summed E-state index contributed by atoms with van der Waals surface area (Å²) < 4.78 is 43.8.